The van der Waals surface area contributed by atoms with Crippen molar-refractivity contribution in [3.8, 4) is 0 Å². The van der Waals surface area contributed by atoms with Crippen molar-refractivity contribution in [1.82, 2.24) is 14.8 Å². The van der Waals surface area contributed by atoms with Crippen molar-refractivity contribution in [1.29, 1.82) is 0 Å². The van der Waals surface area contributed by atoms with Crippen LogP contribution in [0, 0.1) is 0 Å². The lowest BCUT2D eigenvalue weighted by Gasteiger charge is -2.08. The molecule has 0 bridgehead atoms. The summed E-state index contributed by atoms with van der Waals surface area (Å²) in [4.78, 5) is 4.21. The molecule has 2 N–H and O–H groups in total. The number of benzene rings is 2. The Kier molecular flexibility index (Phi) is 6.08. The normalized spacial score (nSPS) is 10.6. The van der Waals surface area contributed by atoms with Gasteiger partial charge in [0.1, 0.15) is 6.33 Å². The SMILES string of the molecule is CCc1ccc(NC(=S)Nc2ncn(Cc3ccc(Cl)cc3Cl)n2)cc1. The number of thiocarbonyl (C=S) groups is 1. The molecule has 0 saturated carbocycles. The average Bonchev–Trinajstić information content (AvgIpc) is 3.05. The molecule has 0 fully saturated rings. The first-order valence-electron chi connectivity index (χ1n) is 8.04. The highest BCUT2D eigenvalue weighted by molar-refractivity contribution is 7.80. The van der Waals surface area contributed by atoms with E-state index in [-0.39, 0.29) is 0 Å². The molecule has 2 aromatic carbocycles. The van der Waals surface area contributed by atoms with Crippen LogP contribution < -0.4 is 10.6 Å². The second-order valence-corrected chi connectivity index (χ2v) is 6.88. The van der Waals surface area contributed by atoms with Crippen molar-refractivity contribution in [3.63, 3.8) is 0 Å². The van der Waals surface area contributed by atoms with Crippen molar-refractivity contribution in [2.24, 2.45) is 0 Å². The molecule has 1 heterocycles. The Bertz CT molecular complexity index is 908. The standard InChI is InChI=1S/C18H17Cl2N5S/c1-2-12-3-7-15(8-4-12)22-18(26)23-17-21-11-25(24-17)10-13-5-6-14(19)9-16(13)20/h3-9,11H,2,10H2,1H3,(H2,22,23,24,26). The van der Waals surface area contributed by atoms with E-state index in [1.165, 1.54) is 5.56 Å². The Morgan fingerprint density at radius 1 is 1.12 bits per heavy atom. The highest BCUT2D eigenvalue weighted by Crippen LogP contribution is 2.21. The summed E-state index contributed by atoms with van der Waals surface area (Å²) in [6.07, 6.45) is 2.62. The van der Waals surface area contributed by atoms with Gasteiger partial charge in [0.15, 0.2) is 5.11 Å². The topological polar surface area (TPSA) is 54.8 Å². The molecular formula is C18H17Cl2N5S. The number of aromatic nitrogens is 3. The van der Waals surface area contributed by atoms with E-state index >= 15 is 0 Å². The summed E-state index contributed by atoms with van der Waals surface area (Å²) in [5.41, 5.74) is 3.09. The molecule has 0 spiro atoms. The first-order valence-corrected chi connectivity index (χ1v) is 9.20. The lowest BCUT2D eigenvalue weighted by Crippen LogP contribution is -2.20. The molecule has 0 radical (unpaired) electrons. The van der Waals surface area contributed by atoms with E-state index in [1.807, 2.05) is 18.2 Å². The van der Waals surface area contributed by atoms with Gasteiger partial charge in [-0.3, -0.25) is 5.32 Å². The first-order chi connectivity index (χ1) is 12.5. The molecule has 1 aromatic heterocycles. The minimum atomic E-state index is 0.415. The maximum atomic E-state index is 6.19. The van der Waals surface area contributed by atoms with Crippen LogP contribution in [0.4, 0.5) is 11.6 Å². The lowest BCUT2D eigenvalue weighted by molar-refractivity contribution is 0.687. The molecule has 0 aliphatic carbocycles. The molecule has 8 heteroatoms. The van der Waals surface area contributed by atoms with E-state index in [4.69, 9.17) is 35.4 Å². The number of nitrogens with zero attached hydrogens (tertiary/aromatic N) is 3. The van der Waals surface area contributed by atoms with Gasteiger partial charge in [0.25, 0.3) is 0 Å². The number of rotatable bonds is 5. The molecule has 0 unspecified atom stereocenters. The Hall–Kier alpha value is -2.15. The smallest absolute Gasteiger partial charge is 0.248 e. The number of anilines is 2. The maximum absolute atomic E-state index is 6.19. The van der Waals surface area contributed by atoms with Gasteiger partial charge in [-0.1, -0.05) is 48.3 Å². The largest absolute Gasteiger partial charge is 0.332 e. The van der Waals surface area contributed by atoms with Crippen molar-refractivity contribution in [3.05, 3.63) is 70.0 Å². The summed E-state index contributed by atoms with van der Waals surface area (Å²) in [6, 6.07) is 13.5. The molecule has 5 nitrogen and oxygen atoms in total. The zero-order chi connectivity index (χ0) is 18.5. The quantitative estimate of drug-likeness (QED) is 0.584. The van der Waals surface area contributed by atoms with Gasteiger partial charge in [0.05, 0.1) is 6.54 Å². The van der Waals surface area contributed by atoms with Crippen molar-refractivity contribution in [2.75, 3.05) is 10.6 Å². The Morgan fingerprint density at radius 2 is 1.88 bits per heavy atom. The van der Waals surface area contributed by atoms with E-state index < -0.39 is 0 Å². The third kappa shape index (κ3) is 4.94. The van der Waals surface area contributed by atoms with Gasteiger partial charge < -0.3 is 5.32 Å². The fourth-order valence-corrected chi connectivity index (χ4v) is 3.02. The van der Waals surface area contributed by atoms with E-state index in [1.54, 1.807) is 23.1 Å². The number of hydrogen-bond donors (Lipinski definition) is 2. The zero-order valence-corrected chi connectivity index (χ0v) is 16.4. The Balaban J connectivity index is 1.59. The van der Waals surface area contributed by atoms with Crippen LogP contribution >= 0.6 is 35.4 Å². The van der Waals surface area contributed by atoms with Crippen LogP contribution in [0.1, 0.15) is 18.1 Å². The predicted molar refractivity (Wildman–Crippen MR) is 111 cm³/mol. The van der Waals surface area contributed by atoms with Gasteiger partial charge in [0, 0.05) is 15.7 Å². The van der Waals surface area contributed by atoms with Gasteiger partial charge in [0.2, 0.25) is 5.95 Å². The van der Waals surface area contributed by atoms with Gasteiger partial charge in [-0.05, 0) is 54.0 Å². The molecule has 3 rings (SSSR count). The number of hydrogen-bond acceptors (Lipinski definition) is 3. The summed E-state index contributed by atoms with van der Waals surface area (Å²) in [5.74, 6) is 0.415. The summed E-state index contributed by atoms with van der Waals surface area (Å²) < 4.78 is 1.68. The van der Waals surface area contributed by atoms with Crippen LogP contribution in [0.5, 0.6) is 0 Å². The van der Waals surface area contributed by atoms with E-state index in [0.717, 1.165) is 17.7 Å². The molecule has 0 atom stereocenters. The van der Waals surface area contributed by atoms with Crippen molar-refractivity contribution >= 4 is 52.2 Å². The van der Waals surface area contributed by atoms with Gasteiger partial charge in [-0.2, -0.15) is 0 Å². The van der Waals surface area contributed by atoms with E-state index in [2.05, 4.69) is 39.8 Å². The summed E-state index contributed by atoms with van der Waals surface area (Å²) in [5, 5.41) is 12.1. The van der Waals surface area contributed by atoms with Crippen LogP contribution in [-0.2, 0) is 13.0 Å². The molecule has 0 amide bonds. The number of aryl methyl sites for hydroxylation is 1. The Morgan fingerprint density at radius 3 is 2.58 bits per heavy atom. The van der Waals surface area contributed by atoms with Crippen LogP contribution in [0.3, 0.4) is 0 Å². The van der Waals surface area contributed by atoms with Gasteiger partial charge >= 0.3 is 0 Å². The first kappa shape index (κ1) is 18.6. The molecule has 26 heavy (non-hydrogen) atoms. The fourth-order valence-electron chi connectivity index (χ4n) is 2.34. The van der Waals surface area contributed by atoms with Crippen LogP contribution in [0.15, 0.2) is 48.8 Å². The second-order valence-electron chi connectivity index (χ2n) is 5.63. The van der Waals surface area contributed by atoms with Crippen LogP contribution in [0.25, 0.3) is 0 Å². The van der Waals surface area contributed by atoms with Crippen molar-refractivity contribution in [2.45, 2.75) is 19.9 Å². The third-order valence-corrected chi connectivity index (χ3v) is 4.52. The monoisotopic (exact) mass is 405 g/mol. The van der Waals surface area contributed by atoms with E-state index in [9.17, 15) is 0 Å². The average molecular weight is 406 g/mol. The highest BCUT2D eigenvalue weighted by atomic mass is 35.5. The lowest BCUT2D eigenvalue weighted by atomic mass is 10.1. The van der Waals surface area contributed by atoms with Crippen molar-refractivity contribution < 1.29 is 0 Å². The molecule has 0 saturated heterocycles. The minimum absolute atomic E-state index is 0.415. The minimum Gasteiger partial charge on any atom is -0.332 e. The van der Waals surface area contributed by atoms with Gasteiger partial charge in [-0.25, -0.2) is 9.67 Å². The molecule has 0 aliphatic heterocycles. The van der Waals surface area contributed by atoms with Crippen LogP contribution in [0.2, 0.25) is 10.0 Å². The maximum Gasteiger partial charge on any atom is 0.248 e. The van der Waals surface area contributed by atoms with Crippen LogP contribution in [-0.4, -0.2) is 19.9 Å². The summed E-state index contributed by atoms with van der Waals surface area (Å²) in [6.45, 7) is 2.61. The molecular weight excluding hydrogens is 389 g/mol. The summed E-state index contributed by atoms with van der Waals surface area (Å²) >= 11 is 17.4. The molecule has 3 aromatic rings. The second kappa shape index (κ2) is 8.49. The highest BCUT2D eigenvalue weighted by Gasteiger charge is 2.07. The Labute approximate surface area is 167 Å². The number of nitrogens with one attached hydrogen (secondary N) is 2. The summed E-state index contributed by atoms with van der Waals surface area (Å²) in [7, 11) is 0. The van der Waals surface area contributed by atoms with E-state index in [0.29, 0.717) is 27.7 Å². The predicted octanol–water partition coefficient (Wildman–Crippen LogP) is 5.00. The van der Waals surface area contributed by atoms with Gasteiger partial charge in [-0.15, -0.1) is 5.10 Å². The molecule has 0 aliphatic rings. The fraction of sp³-hybridized carbons (Fsp3) is 0.167. The third-order valence-electron chi connectivity index (χ3n) is 3.73. The number of halogens is 2. The molecule has 134 valence electrons. The zero-order valence-electron chi connectivity index (χ0n) is 14.0.